The molecule has 1 N–H and O–H groups in total. The fourth-order valence-corrected chi connectivity index (χ4v) is 3.70. The fraction of sp³-hybridized carbons (Fsp3) is 0.0526. The second-order valence-electron chi connectivity index (χ2n) is 5.75. The van der Waals surface area contributed by atoms with Crippen molar-refractivity contribution in [3.8, 4) is 11.3 Å². The average molecular weight is 421 g/mol. The zero-order valence-corrected chi connectivity index (χ0v) is 16.4. The van der Waals surface area contributed by atoms with Gasteiger partial charge in [0, 0.05) is 18.0 Å². The van der Waals surface area contributed by atoms with E-state index in [1.165, 1.54) is 18.2 Å². The number of rotatable bonds is 4. The van der Waals surface area contributed by atoms with Crippen LogP contribution >= 0.6 is 23.2 Å². The van der Waals surface area contributed by atoms with Gasteiger partial charge in [-0.1, -0.05) is 41.4 Å². The van der Waals surface area contributed by atoms with E-state index in [0.29, 0.717) is 22.0 Å². The SMILES string of the molecule is CS(=O)(=O)c1ccc(C(=O)Nc2cccc(-c3ccccn3)c2Cl)c(Cl)c1. The fourth-order valence-electron chi connectivity index (χ4n) is 2.45. The van der Waals surface area contributed by atoms with Crippen molar-refractivity contribution in [3.05, 3.63) is 76.4 Å². The molecule has 0 bridgehead atoms. The second kappa shape index (κ2) is 7.68. The smallest absolute Gasteiger partial charge is 0.257 e. The molecule has 0 radical (unpaired) electrons. The Hall–Kier alpha value is -2.41. The minimum atomic E-state index is -3.41. The minimum Gasteiger partial charge on any atom is -0.321 e. The molecule has 5 nitrogen and oxygen atoms in total. The highest BCUT2D eigenvalue weighted by Gasteiger charge is 2.17. The molecule has 138 valence electrons. The Morgan fingerprint density at radius 3 is 2.44 bits per heavy atom. The van der Waals surface area contributed by atoms with Gasteiger partial charge < -0.3 is 5.32 Å². The maximum absolute atomic E-state index is 12.6. The summed E-state index contributed by atoms with van der Waals surface area (Å²) in [5, 5.41) is 3.08. The first-order chi connectivity index (χ1) is 12.8. The van der Waals surface area contributed by atoms with Crippen LogP contribution in [0.25, 0.3) is 11.3 Å². The molecule has 0 atom stereocenters. The number of hydrogen-bond donors (Lipinski definition) is 1. The van der Waals surface area contributed by atoms with E-state index in [1.54, 1.807) is 30.5 Å². The van der Waals surface area contributed by atoms with E-state index in [9.17, 15) is 13.2 Å². The van der Waals surface area contributed by atoms with E-state index in [4.69, 9.17) is 23.2 Å². The van der Waals surface area contributed by atoms with Crippen molar-refractivity contribution in [1.29, 1.82) is 0 Å². The number of sulfone groups is 1. The van der Waals surface area contributed by atoms with Gasteiger partial charge >= 0.3 is 0 Å². The van der Waals surface area contributed by atoms with Crippen molar-refractivity contribution in [3.63, 3.8) is 0 Å². The molecule has 1 heterocycles. The second-order valence-corrected chi connectivity index (χ2v) is 8.55. The molecule has 8 heteroatoms. The minimum absolute atomic E-state index is 0.0347. The molecule has 0 saturated heterocycles. The first-order valence-corrected chi connectivity index (χ1v) is 10.4. The molecule has 0 aliphatic rings. The van der Waals surface area contributed by atoms with E-state index >= 15 is 0 Å². The number of nitrogens with zero attached hydrogens (tertiary/aromatic N) is 1. The van der Waals surface area contributed by atoms with E-state index in [1.807, 2.05) is 12.1 Å². The van der Waals surface area contributed by atoms with Gasteiger partial charge in [0.05, 0.1) is 31.9 Å². The van der Waals surface area contributed by atoms with Crippen molar-refractivity contribution in [2.24, 2.45) is 0 Å². The molecule has 0 saturated carbocycles. The third kappa shape index (κ3) is 4.30. The third-order valence-electron chi connectivity index (χ3n) is 3.80. The first kappa shape index (κ1) is 19.4. The maximum Gasteiger partial charge on any atom is 0.257 e. The number of carbonyl (C=O) groups excluding carboxylic acids is 1. The first-order valence-electron chi connectivity index (χ1n) is 7.78. The molecule has 3 aromatic rings. The van der Waals surface area contributed by atoms with Crippen LogP contribution in [0.15, 0.2) is 65.7 Å². The van der Waals surface area contributed by atoms with Crippen LogP contribution in [-0.2, 0) is 9.84 Å². The van der Waals surface area contributed by atoms with Gasteiger partial charge in [-0.05, 0) is 36.4 Å². The number of nitrogens with one attached hydrogen (secondary N) is 1. The summed E-state index contributed by atoms with van der Waals surface area (Å²) in [6.45, 7) is 0. The molecule has 0 spiro atoms. The number of benzene rings is 2. The number of aromatic nitrogens is 1. The van der Waals surface area contributed by atoms with Crippen LogP contribution in [0, 0.1) is 0 Å². The van der Waals surface area contributed by atoms with E-state index < -0.39 is 15.7 Å². The normalized spacial score (nSPS) is 11.2. The summed E-state index contributed by atoms with van der Waals surface area (Å²) >= 11 is 12.5. The van der Waals surface area contributed by atoms with Crippen molar-refractivity contribution in [1.82, 2.24) is 4.98 Å². The van der Waals surface area contributed by atoms with E-state index in [-0.39, 0.29) is 15.5 Å². The van der Waals surface area contributed by atoms with Gasteiger partial charge in [0.2, 0.25) is 0 Å². The van der Waals surface area contributed by atoms with Gasteiger partial charge in [0.25, 0.3) is 5.91 Å². The predicted octanol–water partition coefficient (Wildman–Crippen LogP) is 4.71. The lowest BCUT2D eigenvalue weighted by molar-refractivity contribution is 0.102. The Morgan fingerprint density at radius 2 is 1.81 bits per heavy atom. The lowest BCUT2D eigenvalue weighted by Crippen LogP contribution is -2.13. The highest BCUT2D eigenvalue weighted by Crippen LogP contribution is 2.33. The van der Waals surface area contributed by atoms with Gasteiger partial charge in [-0.3, -0.25) is 9.78 Å². The van der Waals surface area contributed by atoms with Crippen molar-refractivity contribution in [2.75, 3.05) is 11.6 Å². The van der Waals surface area contributed by atoms with Crippen LogP contribution < -0.4 is 5.32 Å². The summed E-state index contributed by atoms with van der Waals surface area (Å²) in [7, 11) is -3.41. The zero-order valence-electron chi connectivity index (χ0n) is 14.1. The summed E-state index contributed by atoms with van der Waals surface area (Å²) in [5.74, 6) is -0.500. The van der Waals surface area contributed by atoms with Crippen LogP contribution in [0.1, 0.15) is 10.4 Å². The molecule has 1 aromatic heterocycles. The predicted molar refractivity (Wildman–Crippen MR) is 107 cm³/mol. The summed E-state index contributed by atoms with van der Waals surface area (Å²) in [6.07, 6.45) is 2.72. The Morgan fingerprint density at radius 1 is 1.04 bits per heavy atom. The monoisotopic (exact) mass is 420 g/mol. The number of carbonyl (C=O) groups is 1. The molecule has 3 rings (SSSR count). The molecular formula is C19H14Cl2N2O3S. The van der Waals surface area contributed by atoms with Gasteiger partial charge in [0.15, 0.2) is 9.84 Å². The van der Waals surface area contributed by atoms with Crippen molar-refractivity contribution in [2.45, 2.75) is 4.90 Å². The lowest BCUT2D eigenvalue weighted by Gasteiger charge is -2.12. The van der Waals surface area contributed by atoms with Crippen LogP contribution in [0.3, 0.4) is 0 Å². The van der Waals surface area contributed by atoms with Crippen LogP contribution in [0.5, 0.6) is 0 Å². The Balaban J connectivity index is 1.91. The molecule has 2 aromatic carbocycles. The Kier molecular flexibility index (Phi) is 5.51. The van der Waals surface area contributed by atoms with Crippen LogP contribution in [0.4, 0.5) is 5.69 Å². The largest absolute Gasteiger partial charge is 0.321 e. The number of amides is 1. The molecule has 0 unspecified atom stereocenters. The molecule has 27 heavy (non-hydrogen) atoms. The Bertz CT molecular complexity index is 1120. The highest BCUT2D eigenvalue weighted by molar-refractivity contribution is 7.90. The maximum atomic E-state index is 12.6. The summed E-state index contributed by atoms with van der Waals surface area (Å²) in [6, 6.07) is 14.6. The highest BCUT2D eigenvalue weighted by atomic mass is 35.5. The number of anilines is 1. The topological polar surface area (TPSA) is 76.1 Å². The van der Waals surface area contributed by atoms with E-state index in [0.717, 1.165) is 6.26 Å². The number of halogens is 2. The lowest BCUT2D eigenvalue weighted by atomic mass is 10.1. The Labute approximate surface area is 166 Å². The van der Waals surface area contributed by atoms with Crippen molar-refractivity contribution < 1.29 is 13.2 Å². The third-order valence-corrected chi connectivity index (χ3v) is 5.63. The molecular weight excluding hydrogens is 407 g/mol. The number of pyridine rings is 1. The average Bonchev–Trinajstić information content (AvgIpc) is 2.63. The molecule has 0 aliphatic heterocycles. The van der Waals surface area contributed by atoms with Gasteiger partial charge in [-0.15, -0.1) is 0 Å². The van der Waals surface area contributed by atoms with Gasteiger partial charge in [-0.25, -0.2) is 8.42 Å². The van der Waals surface area contributed by atoms with Gasteiger partial charge in [0.1, 0.15) is 0 Å². The summed E-state index contributed by atoms with van der Waals surface area (Å²) in [5.41, 5.74) is 1.89. The van der Waals surface area contributed by atoms with Crippen LogP contribution in [-0.4, -0.2) is 25.6 Å². The van der Waals surface area contributed by atoms with Gasteiger partial charge in [-0.2, -0.15) is 0 Å². The summed E-state index contributed by atoms with van der Waals surface area (Å²) in [4.78, 5) is 16.9. The van der Waals surface area contributed by atoms with Crippen molar-refractivity contribution >= 4 is 44.6 Å². The quantitative estimate of drug-likeness (QED) is 0.662. The zero-order chi connectivity index (χ0) is 19.6. The standard InChI is InChI=1S/C19H14Cl2N2O3S/c1-27(25,26)12-8-9-13(15(20)11-12)19(24)23-17-7-4-5-14(18(17)21)16-6-2-3-10-22-16/h2-11H,1H3,(H,23,24). The molecule has 0 fully saturated rings. The van der Waals surface area contributed by atoms with Crippen LogP contribution in [0.2, 0.25) is 10.0 Å². The van der Waals surface area contributed by atoms with E-state index in [2.05, 4.69) is 10.3 Å². The molecule has 1 amide bonds. The molecule has 0 aliphatic carbocycles. The summed E-state index contributed by atoms with van der Waals surface area (Å²) < 4.78 is 23.2. The number of hydrogen-bond acceptors (Lipinski definition) is 4.